The van der Waals surface area contributed by atoms with Crippen LogP contribution in [-0.4, -0.2) is 19.7 Å². The normalized spacial score (nSPS) is 12.2. The van der Waals surface area contributed by atoms with Gasteiger partial charge in [0.15, 0.2) is 0 Å². The highest BCUT2D eigenvalue weighted by Crippen LogP contribution is 2.18. The first-order valence-electron chi connectivity index (χ1n) is 7.40. The van der Waals surface area contributed by atoms with Gasteiger partial charge in [0, 0.05) is 24.3 Å². The third-order valence-corrected chi connectivity index (χ3v) is 3.38. The van der Waals surface area contributed by atoms with Gasteiger partial charge in [-0.15, -0.1) is 0 Å². The molecule has 0 aromatic heterocycles. The van der Waals surface area contributed by atoms with E-state index in [0.29, 0.717) is 12.6 Å². The van der Waals surface area contributed by atoms with Crippen LogP contribution in [0.15, 0.2) is 24.3 Å². The molecule has 1 aromatic carbocycles. The second-order valence-electron chi connectivity index (χ2n) is 5.01. The molecule has 3 nitrogen and oxygen atoms in total. The summed E-state index contributed by atoms with van der Waals surface area (Å²) in [6, 6.07) is 8.37. The van der Waals surface area contributed by atoms with Crippen molar-refractivity contribution in [3.8, 4) is 5.75 Å². The summed E-state index contributed by atoms with van der Waals surface area (Å²) >= 11 is 0. The Bertz CT molecular complexity index is 341. The summed E-state index contributed by atoms with van der Waals surface area (Å²) in [6.45, 7) is 2.91. The van der Waals surface area contributed by atoms with E-state index in [-0.39, 0.29) is 0 Å². The fourth-order valence-electron chi connectivity index (χ4n) is 2.19. The molecule has 19 heavy (non-hydrogen) atoms. The molecule has 0 amide bonds. The Kier molecular flexibility index (Phi) is 8.07. The SMILES string of the molecule is CCCCCCCC(CN)Nc1cccc(OC)c1. The van der Waals surface area contributed by atoms with E-state index in [4.69, 9.17) is 10.5 Å². The van der Waals surface area contributed by atoms with E-state index < -0.39 is 0 Å². The third-order valence-electron chi connectivity index (χ3n) is 3.38. The zero-order valence-corrected chi connectivity index (χ0v) is 12.3. The molecule has 0 radical (unpaired) electrons. The van der Waals surface area contributed by atoms with Gasteiger partial charge in [-0.05, 0) is 18.6 Å². The lowest BCUT2D eigenvalue weighted by atomic mass is 10.1. The molecule has 0 aliphatic heterocycles. The van der Waals surface area contributed by atoms with Crippen molar-refractivity contribution in [3.05, 3.63) is 24.3 Å². The summed E-state index contributed by atoms with van der Waals surface area (Å²) in [5, 5.41) is 3.49. The van der Waals surface area contributed by atoms with Gasteiger partial charge in [-0.1, -0.05) is 45.1 Å². The number of hydrogen-bond donors (Lipinski definition) is 2. The van der Waals surface area contributed by atoms with Crippen molar-refractivity contribution < 1.29 is 4.74 Å². The molecular formula is C16H28N2O. The maximum absolute atomic E-state index is 5.84. The summed E-state index contributed by atoms with van der Waals surface area (Å²) in [5.41, 5.74) is 6.92. The highest BCUT2D eigenvalue weighted by atomic mass is 16.5. The van der Waals surface area contributed by atoms with Crippen LogP contribution in [0.5, 0.6) is 5.75 Å². The van der Waals surface area contributed by atoms with E-state index in [1.807, 2.05) is 18.2 Å². The quantitative estimate of drug-likeness (QED) is 0.632. The number of anilines is 1. The van der Waals surface area contributed by atoms with Gasteiger partial charge < -0.3 is 15.8 Å². The highest BCUT2D eigenvalue weighted by molar-refractivity contribution is 5.48. The van der Waals surface area contributed by atoms with E-state index in [1.165, 1.54) is 32.1 Å². The Labute approximate surface area is 117 Å². The zero-order valence-electron chi connectivity index (χ0n) is 12.3. The lowest BCUT2D eigenvalue weighted by molar-refractivity contribution is 0.415. The van der Waals surface area contributed by atoms with Crippen molar-refractivity contribution in [2.75, 3.05) is 19.0 Å². The number of nitrogens with two attached hydrogens (primary N) is 1. The lowest BCUT2D eigenvalue weighted by Crippen LogP contribution is -2.28. The number of rotatable bonds is 10. The minimum Gasteiger partial charge on any atom is -0.497 e. The van der Waals surface area contributed by atoms with Crippen LogP contribution in [0, 0.1) is 0 Å². The van der Waals surface area contributed by atoms with Gasteiger partial charge in [0.25, 0.3) is 0 Å². The summed E-state index contributed by atoms with van der Waals surface area (Å²) < 4.78 is 5.22. The fourth-order valence-corrected chi connectivity index (χ4v) is 2.19. The molecule has 1 atom stereocenters. The van der Waals surface area contributed by atoms with Gasteiger partial charge in [-0.2, -0.15) is 0 Å². The number of nitrogens with one attached hydrogen (secondary N) is 1. The molecule has 0 saturated heterocycles. The Morgan fingerprint density at radius 2 is 2.00 bits per heavy atom. The largest absolute Gasteiger partial charge is 0.497 e. The second-order valence-corrected chi connectivity index (χ2v) is 5.01. The average Bonchev–Trinajstić information content (AvgIpc) is 2.46. The zero-order chi connectivity index (χ0) is 13.9. The maximum Gasteiger partial charge on any atom is 0.120 e. The minimum atomic E-state index is 0.355. The predicted molar refractivity (Wildman–Crippen MR) is 82.8 cm³/mol. The smallest absolute Gasteiger partial charge is 0.120 e. The van der Waals surface area contributed by atoms with Crippen LogP contribution in [0.4, 0.5) is 5.69 Å². The molecule has 0 saturated carbocycles. The average molecular weight is 264 g/mol. The molecule has 0 aliphatic carbocycles. The van der Waals surface area contributed by atoms with E-state index in [2.05, 4.69) is 18.3 Å². The van der Waals surface area contributed by atoms with Gasteiger partial charge in [0.05, 0.1) is 7.11 Å². The first-order valence-corrected chi connectivity index (χ1v) is 7.40. The molecule has 3 N–H and O–H groups in total. The molecular weight excluding hydrogens is 236 g/mol. The summed E-state index contributed by atoms with van der Waals surface area (Å²) in [6.07, 6.45) is 7.67. The molecule has 0 aliphatic rings. The van der Waals surface area contributed by atoms with Crippen LogP contribution >= 0.6 is 0 Å². The maximum atomic E-state index is 5.84. The molecule has 3 heteroatoms. The van der Waals surface area contributed by atoms with Crippen molar-refractivity contribution >= 4 is 5.69 Å². The van der Waals surface area contributed by atoms with Crippen LogP contribution in [0.25, 0.3) is 0 Å². The summed E-state index contributed by atoms with van der Waals surface area (Å²) in [7, 11) is 1.69. The number of benzene rings is 1. The second kappa shape index (κ2) is 9.68. The van der Waals surface area contributed by atoms with Gasteiger partial charge in [-0.3, -0.25) is 0 Å². The highest BCUT2D eigenvalue weighted by Gasteiger charge is 2.06. The Morgan fingerprint density at radius 3 is 2.68 bits per heavy atom. The van der Waals surface area contributed by atoms with E-state index >= 15 is 0 Å². The third kappa shape index (κ3) is 6.48. The van der Waals surface area contributed by atoms with Crippen LogP contribution in [0.2, 0.25) is 0 Å². The number of methoxy groups -OCH3 is 1. The standard InChI is InChI=1S/C16H28N2O/c1-3-4-5-6-7-9-15(13-17)18-14-10-8-11-16(12-14)19-2/h8,10-12,15,18H,3-7,9,13,17H2,1-2H3. The van der Waals surface area contributed by atoms with Crippen LogP contribution in [-0.2, 0) is 0 Å². The van der Waals surface area contributed by atoms with Crippen LogP contribution in [0.1, 0.15) is 45.4 Å². The van der Waals surface area contributed by atoms with Crippen LogP contribution in [0.3, 0.4) is 0 Å². The van der Waals surface area contributed by atoms with Gasteiger partial charge in [0.1, 0.15) is 5.75 Å². The van der Waals surface area contributed by atoms with Crippen molar-refractivity contribution in [3.63, 3.8) is 0 Å². The van der Waals surface area contributed by atoms with E-state index in [0.717, 1.165) is 17.9 Å². The predicted octanol–water partition coefficient (Wildman–Crippen LogP) is 3.79. The first-order chi connectivity index (χ1) is 9.30. The molecule has 108 valence electrons. The molecule has 0 spiro atoms. The molecule has 0 bridgehead atoms. The molecule has 1 unspecified atom stereocenters. The Morgan fingerprint density at radius 1 is 1.21 bits per heavy atom. The van der Waals surface area contributed by atoms with Crippen LogP contribution < -0.4 is 15.8 Å². The Hall–Kier alpha value is -1.22. The minimum absolute atomic E-state index is 0.355. The number of unbranched alkanes of at least 4 members (excludes halogenated alkanes) is 4. The Balaban J connectivity index is 2.34. The first kappa shape index (κ1) is 15.8. The van der Waals surface area contributed by atoms with Gasteiger partial charge >= 0.3 is 0 Å². The monoisotopic (exact) mass is 264 g/mol. The van der Waals surface area contributed by atoms with E-state index in [1.54, 1.807) is 7.11 Å². The summed E-state index contributed by atoms with van der Waals surface area (Å²) in [5.74, 6) is 0.878. The molecule has 0 heterocycles. The van der Waals surface area contributed by atoms with E-state index in [9.17, 15) is 0 Å². The van der Waals surface area contributed by atoms with Crippen molar-refractivity contribution in [2.45, 2.75) is 51.5 Å². The van der Waals surface area contributed by atoms with Crippen molar-refractivity contribution in [1.82, 2.24) is 0 Å². The van der Waals surface area contributed by atoms with Crippen molar-refractivity contribution in [1.29, 1.82) is 0 Å². The number of ether oxygens (including phenoxy) is 1. The fraction of sp³-hybridized carbons (Fsp3) is 0.625. The van der Waals surface area contributed by atoms with Gasteiger partial charge in [-0.25, -0.2) is 0 Å². The topological polar surface area (TPSA) is 47.3 Å². The lowest BCUT2D eigenvalue weighted by Gasteiger charge is -2.18. The molecule has 0 fully saturated rings. The number of hydrogen-bond acceptors (Lipinski definition) is 3. The molecule has 1 rings (SSSR count). The van der Waals surface area contributed by atoms with Gasteiger partial charge in [0.2, 0.25) is 0 Å². The molecule has 1 aromatic rings. The summed E-state index contributed by atoms with van der Waals surface area (Å²) in [4.78, 5) is 0. The van der Waals surface area contributed by atoms with Crippen molar-refractivity contribution in [2.24, 2.45) is 5.73 Å².